The van der Waals surface area contributed by atoms with Gasteiger partial charge >= 0.3 is 0 Å². The van der Waals surface area contributed by atoms with Crippen molar-refractivity contribution in [1.29, 1.82) is 0 Å². The van der Waals surface area contributed by atoms with Crippen molar-refractivity contribution in [1.82, 2.24) is 14.9 Å². The zero-order valence-corrected chi connectivity index (χ0v) is 9.13. The predicted octanol–water partition coefficient (Wildman–Crippen LogP) is 1.65. The second-order valence-electron chi connectivity index (χ2n) is 3.59. The van der Waals surface area contributed by atoms with Crippen molar-refractivity contribution >= 4 is 15.9 Å². The molecular formula is C9H14BrN3. The number of halogens is 1. The van der Waals surface area contributed by atoms with Crippen LogP contribution in [-0.4, -0.2) is 22.6 Å². The standard InChI is InChI=1S/C9H14BrN3/c10-9-6-13(7-12-9)5-8-1-3-11-4-2-8/h6-8,11H,1-5H2. The lowest BCUT2D eigenvalue weighted by atomic mass is 9.98. The van der Waals surface area contributed by atoms with Crippen LogP contribution >= 0.6 is 15.9 Å². The molecule has 0 radical (unpaired) electrons. The maximum absolute atomic E-state index is 4.15. The number of hydrogen-bond acceptors (Lipinski definition) is 2. The molecule has 2 heterocycles. The fourth-order valence-electron chi connectivity index (χ4n) is 1.80. The van der Waals surface area contributed by atoms with Gasteiger partial charge in [-0.25, -0.2) is 4.98 Å². The molecule has 0 aromatic carbocycles. The van der Waals surface area contributed by atoms with Gasteiger partial charge in [-0.05, 0) is 47.8 Å². The molecule has 0 saturated carbocycles. The summed E-state index contributed by atoms with van der Waals surface area (Å²) < 4.78 is 3.10. The van der Waals surface area contributed by atoms with Gasteiger partial charge in [0.25, 0.3) is 0 Å². The van der Waals surface area contributed by atoms with Crippen molar-refractivity contribution in [3.63, 3.8) is 0 Å². The maximum atomic E-state index is 4.15. The van der Waals surface area contributed by atoms with Crippen molar-refractivity contribution in [2.45, 2.75) is 19.4 Å². The number of hydrogen-bond donors (Lipinski definition) is 1. The fourth-order valence-corrected chi connectivity index (χ4v) is 2.15. The van der Waals surface area contributed by atoms with Crippen molar-refractivity contribution < 1.29 is 0 Å². The Bertz CT molecular complexity index is 266. The first kappa shape index (κ1) is 9.21. The third kappa shape index (κ3) is 2.54. The molecule has 0 bridgehead atoms. The molecule has 1 aliphatic rings. The van der Waals surface area contributed by atoms with Gasteiger partial charge in [0, 0.05) is 12.7 Å². The van der Waals surface area contributed by atoms with Gasteiger partial charge in [-0.1, -0.05) is 0 Å². The molecule has 1 saturated heterocycles. The first-order valence-corrected chi connectivity index (χ1v) is 5.52. The van der Waals surface area contributed by atoms with E-state index in [4.69, 9.17) is 0 Å². The zero-order chi connectivity index (χ0) is 9.10. The summed E-state index contributed by atoms with van der Waals surface area (Å²) in [4.78, 5) is 4.15. The van der Waals surface area contributed by atoms with E-state index in [0.717, 1.165) is 17.1 Å². The van der Waals surface area contributed by atoms with Crippen molar-refractivity contribution in [3.8, 4) is 0 Å². The molecule has 0 aliphatic carbocycles. The normalized spacial score (nSPS) is 19.2. The first-order valence-electron chi connectivity index (χ1n) is 4.72. The average molecular weight is 244 g/mol. The van der Waals surface area contributed by atoms with E-state index < -0.39 is 0 Å². The van der Waals surface area contributed by atoms with Crippen LogP contribution in [0.15, 0.2) is 17.1 Å². The highest BCUT2D eigenvalue weighted by Gasteiger charge is 2.13. The molecule has 1 aliphatic heterocycles. The number of piperidine rings is 1. The maximum Gasteiger partial charge on any atom is 0.124 e. The Morgan fingerprint density at radius 3 is 2.92 bits per heavy atom. The van der Waals surface area contributed by atoms with Crippen LogP contribution in [0.5, 0.6) is 0 Å². The molecule has 0 atom stereocenters. The zero-order valence-electron chi connectivity index (χ0n) is 7.54. The largest absolute Gasteiger partial charge is 0.336 e. The van der Waals surface area contributed by atoms with Crippen molar-refractivity contribution in [2.75, 3.05) is 13.1 Å². The summed E-state index contributed by atoms with van der Waals surface area (Å²) in [7, 11) is 0. The molecular weight excluding hydrogens is 230 g/mol. The van der Waals surface area contributed by atoms with Crippen LogP contribution in [-0.2, 0) is 6.54 Å². The minimum absolute atomic E-state index is 0.822. The smallest absolute Gasteiger partial charge is 0.124 e. The average Bonchev–Trinajstić information content (AvgIpc) is 2.53. The molecule has 13 heavy (non-hydrogen) atoms. The number of rotatable bonds is 2. The molecule has 0 amide bonds. The Balaban J connectivity index is 1.89. The fraction of sp³-hybridized carbons (Fsp3) is 0.667. The summed E-state index contributed by atoms with van der Waals surface area (Å²) in [6, 6.07) is 0. The van der Waals surface area contributed by atoms with E-state index in [1.807, 2.05) is 12.5 Å². The lowest BCUT2D eigenvalue weighted by Gasteiger charge is -2.22. The molecule has 3 nitrogen and oxygen atoms in total. The van der Waals surface area contributed by atoms with Crippen LogP contribution in [0.3, 0.4) is 0 Å². The second-order valence-corrected chi connectivity index (χ2v) is 4.40. The van der Waals surface area contributed by atoms with Crippen LogP contribution in [0, 0.1) is 5.92 Å². The highest BCUT2D eigenvalue weighted by atomic mass is 79.9. The van der Waals surface area contributed by atoms with Crippen LogP contribution in [0.4, 0.5) is 0 Å². The molecule has 1 N–H and O–H groups in total. The topological polar surface area (TPSA) is 29.9 Å². The van der Waals surface area contributed by atoms with Gasteiger partial charge < -0.3 is 9.88 Å². The van der Waals surface area contributed by atoms with Gasteiger partial charge in [0.05, 0.1) is 6.33 Å². The third-order valence-electron chi connectivity index (χ3n) is 2.53. The number of nitrogens with one attached hydrogen (secondary N) is 1. The molecule has 1 aromatic rings. The predicted molar refractivity (Wildman–Crippen MR) is 55.5 cm³/mol. The van der Waals surface area contributed by atoms with Gasteiger partial charge in [-0.2, -0.15) is 0 Å². The summed E-state index contributed by atoms with van der Waals surface area (Å²) in [6.07, 6.45) is 6.51. The Morgan fingerprint density at radius 2 is 2.31 bits per heavy atom. The van der Waals surface area contributed by atoms with Gasteiger partial charge in [0.1, 0.15) is 4.60 Å². The lowest BCUT2D eigenvalue weighted by Crippen LogP contribution is -2.29. The lowest BCUT2D eigenvalue weighted by molar-refractivity contribution is 0.333. The van der Waals surface area contributed by atoms with E-state index in [1.165, 1.54) is 25.9 Å². The Labute approximate surface area is 86.7 Å². The van der Waals surface area contributed by atoms with Crippen LogP contribution in [0.2, 0.25) is 0 Å². The summed E-state index contributed by atoms with van der Waals surface area (Å²) in [5.74, 6) is 0.822. The van der Waals surface area contributed by atoms with E-state index in [2.05, 4.69) is 30.8 Å². The number of imidazole rings is 1. The van der Waals surface area contributed by atoms with Crippen LogP contribution in [0.1, 0.15) is 12.8 Å². The first-order chi connectivity index (χ1) is 6.34. The van der Waals surface area contributed by atoms with Crippen LogP contribution in [0.25, 0.3) is 0 Å². The van der Waals surface area contributed by atoms with Crippen molar-refractivity contribution in [2.24, 2.45) is 5.92 Å². The van der Waals surface area contributed by atoms with E-state index >= 15 is 0 Å². The summed E-state index contributed by atoms with van der Waals surface area (Å²) >= 11 is 3.35. The van der Waals surface area contributed by atoms with Gasteiger partial charge in [0.2, 0.25) is 0 Å². The van der Waals surface area contributed by atoms with Gasteiger partial charge in [-0.15, -0.1) is 0 Å². The van der Waals surface area contributed by atoms with E-state index in [-0.39, 0.29) is 0 Å². The molecule has 1 aromatic heterocycles. The molecule has 1 fully saturated rings. The SMILES string of the molecule is Brc1cn(CC2CCNCC2)cn1. The van der Waals surface area contributed by atoms with E-state index in [9.17, 15) is 0 Å². The number of aromatic nitrogens is 2. The van der Waals surface area contributed by atoms with Crippen molar-refractivity contribution in [3.05, 3.63) is 17.1 Å². The molecule has 4 heteroatoms. The van der Waals surface area contributed by atoms with Gasteiger partial charge in [-0.3, -0.25) is 0 Å². The molecule has 0 spiro atoms. The Kier molecular flexibility index (Phi) is 3.01. The highest BCUT2D eigenvalue weighted by Crippen LogP contribution is 2.15. The quantitative estimate of drug-likeness (QED) is 0.857. The minimum atomic E-state index is 0.822. The molecule has 2 rings (SSSR count). The molecule has 72 valence electrons. The van der Waals surface area contributed by atoms with E-state index in [0.29, 0.717) is 0 Å². The monoisotopic (exact) mass is 243 g/mol. The highest BCUT2D eigenvalue weighted by molar-refractivity contribution is 9.10. The second kappa shape index (κ2) is 4.24. The van der Waals surface area contributed by atoms with Crippen LogP contribution < -0.4 is 5.32 Å². The number of nitrogens with zero attached hydrogens (tertiary/aromatic N) is 2. The summed E-state index contributed by atoms with van der Waals surface area (Å²) in [5.41, 5.74) is 0. The van der Waals surface area contributed by atoms with E-state index in [1.54, 1.807) is 0 Å². The third-order valence-corrected chi connectivity index (χ3v) is 2.94. The molecule has 0 unspecified atom stereocenters. The summed E-state index contributed by atoms with van der Waals surface area (Å²) in [5, 5.41) is 3.37. The summed E-state index contributed by atoms with van der Waals surface area (Å²) in [6.45, 7) is 3.45. The van der Waals surface area contributed by atoms with Gasteiger partial charge in [0.15, 0.2) is 0 Å². The Morgan fingerprint density at radius 1 is 1.54 bits per heavy atom. The Hall–Kier alpha value is -0.350. The minimum Gasteiger partial charge on any atom is -0.336 e.